The maximum absolute atomic E-state index is 13.5. The third kappa shape index (κ3) is 3.10. The smallest absolute Gasteiger partial charge is 0.336 e. The summed E-state index contributed by atoms with van der Waals surface area (Å²) < 4.78 is 5.69. The van der Waals surface area contributed by atoms with Crippen molar-refractivity contribution in [1.82, 2.24) is 0 Å². The van der Waals surface area contributed by atoms with Crippen LogP contribution in [0.4, 0.5) is 0 Å². The molecule has 0 spiro atoms. The minimum atomic E-state index is -1.15. The number of carbonyl (C=O) groups excluding carboxylic acids is 3. The number of fused-ring (bicyclic) bond motifs is 5. The molecule has 0 radical (unpaired) electrons. The van der Waals surface area contributed by atoms with E-state index in [4.69, 9.17) is 4.74 Å². The van der Waals surface area contributed by atoms with Crippen LogP contribution < -0.4 is 0 Å². The number of allylic oxidation sites excluding steroid dienone is 2. The molecule has 4 aliphatic carbocycles. The molecule has 2 fully saturated rings. The highest BCUT2D eigenvalue weighted by Crippen LogP contribution is 2.67. The summed E-state index contributed by atoms with van der Waals surface area (Å²) in [4.78, 5) is 39.1. The third-order valence-corrected chi connectivity index (χ3v) is 10.7. The van der Waals surface area contributed by atoms with E-state index in [1.54, 1.807) is 0 Å². The first kappa shape index (κ1) is 24.6. The highest BCUT2D eigenvalue weighted by atomic mass is 16.5. The fourth-order valence-corrected chi connectivity index (χ4v) is 8.41. The number of ketones is 2. The van der Waals surface area contributed by atoms with E-state index in [1.165, 1.54) is 18.2 Å². The molecule has 7 nitrogen and oxygen atoms in total. The maximum Gasteiger partial charge on any atom is 0.336 e. The fraction of sp³-hybridized carbons (Fsp3) is 0.679. The number of carbonyl (C=O) groups is 3. The topological polar surface area (TPSA) is 121 Å². The van der Waals surface area contributed by atoms with Crippen LogP contribution in [0.3, 0.4) is 0 Å². The number of esters is 1. The molecule has 1 aliphatic heterocycles. The molecule has 35 heavy (non-hydrogen) atoms. The molecule has 0 amide bonds. The molecular weight excluding hydrogens is 448 g/mol. The number of hydrogen-bond acceptors (Lipinski definition) is 7. The minimum Gasteiger partial charge on any atom is -0.458 e. The highest BCUT2D eigenvalue weighted by Gasteiger charge is 2.68. The average molecular weight is 485 g/mol. The van der Waals surface area contributed by atoms with Crippen LogP contribution in [0.2, 0.25) is 0 Å². The summed E-state index contributed by atoms with van der Waals surface area (Å²) in [5.74, 6) is -1.77. The SMILES string of the molecule is CC1=C(CO)C(=O)O[C@@H]([C@@H](C)[C@@]2(O)CC[C@H]3[C@@H]4C(=O)C=C5[C@@H](O)C=CC(=O)[C@]5(C)[C@H]4CC[C@@]32C)C1. The Balaban J connectivity index is 1.48. The van der Waals surface area contributed by atoms with Gasteiger partial charge in [0.25, 0.3) is 0 Å². The van der Waals surface area contributed by atoms with E-state index < -0.39 is 40.5 Å². The van der Waals surface area contributed by atoms with Gasteiger partial charge >= 0.3 is 5.97 Å². The zero-order valence-electron chi connectivity index (χ0n) is 20.9. The van der Waals surface area contributed by atoms with Gasteiger partial charge in [-0.1, -0.05) is 19.4 Å². The molecule has 0 aromatic heterocycles. The quantitative estimate of drug-likeness (QED) is 0.526. The van der Waals surface area contributed by atoms with Crippen LogP contribution in [-0.2, 0) is 19.1 Å². The van der Waals surface area contributed by atoms with Gasteiger partial charge in [-0.3, -0.25) is 9.59 Å². The van der Waals surface area contributed by atoms with Crippen molar-refractivity contribution in [3.05, 3.63) is 34.9 Å². The van der Waals surface area contributed by atoms with Crippen LogP contribution >= 0.6 is 0 Å². The van der Waals surface area contributed by atoms with E-state index in [9.17, 15) is 29.7 Å². The molecule has 2 saturated carbocycles. The molecule has 0 aromatic rings. The average Bonchev–Trinajstić information content (AvgIpc) is 3.09. The number of ether oxygens (including phenoxy) is 1. The molecule has 5 aliphatic rings. The number of aliphatic hydroxyl groups excluding tert-OH is 2. The predicted molar refractivity (Wildman–Crippen MR) is 127 cm³/mol. The summed E-state index contributed by atoms with van der Waals surface area (Å²) in [7, 11) is 0. The molecule has 0 unspecified atom stereocenters. The van der Waals surface area contributed by atoms with Gasteiger partial charge in [0, 0.05) is 23.7 Å². The molecule has 190 valence electrons. The van der Waals surface area contributed by atoms with Gasteiger partial charge < -0.3 is 20.1 Å². The van der Waals surface area contributed by atoms with Crippen LogP contribution in [0.5, 0.6) is 0 Å². The maximum atomic E-state index is 13.5. The Morgan fingerprint density at radius 1 is 1.14 bits per heavy atom. The predicted octanol–water partition coefficient (Wildman–Crippen LogP) is 2.44. The number of cyclic esters (lactones) is 1. The molecule has 0 bridgehead atoms. The summed E-state index contributed by atoms with van der Waals surface area (Å²) in [5, 5.41) is 32.3. The third-order valence-electron chi connectivity index (χ3n) is 10.7. The second kappa shape index (κ2) is 7.95. The van der Waals surface area contributed by atoms with Crippen molar-refractivity contribution >= 4 is 17.5 Å². The first-order valence-corrected chi connectivity index (χ1v) is 12.8. The summed E-state index contributed by atoms with van der Waals surface area (Å²) in [6.45, 7) is 7.28. The van der Waals surface area contributed by atoms with Crippen LogP contribution in [0.25, 0.3) is 0 Å². The molecule has 3 N–H and O–H groups in total. The zero-order chi connectivity index (χ0) is 25.5. The van der Waals surface area contributed by atoms with Crippen molar-refractivity contribution in [3.63, 3.8) is 0 Å². The Hall–Kier alpha value is -2.09. The van der Waals surface area contributed by atoms with E-state index in [0.29, 0.717) is 37.7 Å². The lowest BCUT2D eigenvalue weighted by Gasteiger charge is -2.58. The zero-order valence-corrected chi connectivity index (χ0v) is 20.9. The Morgan fingerprint density at radius 2 is 1.83 bits per heavy atom. The standard InChI is InChI=1S/C28H36O7/c1-14-11-22(35-25(33)16(14)13-29)15(2)28(34)10-8-17-24-18(7-9-26(17,28)3)27(4)19(12-21(24)31)20(30)5-6-23(27)32/h5-6,12,15,17-18,20,22,24,29-30,34H,7-11,13H2,1-4H3/t15-,17+,18+,20+,22-,24+,26+,27-,28+/m1/s1. The number of aliphatic hydroxyl groups is 3. The van der Waals surface area contributed by atoms with Crippen molar-refractivity contribution in [1.29, 1.82) is 0 Å². The van der Waals surface area contributed by atoms with Crippen molar-refractivity contribution < 1.29 is 34.4 Å². The van der Waals surface area contributed by atoms with Crippen LogP contribution in [-0.4, -0.2) is 57.3 Å². The van der Waals surface area contributed by atoms with E-state index >= 15 is 0 Å². The first-order chi connectivity index (χ1) is 16.4. The summed E-state index contributed by atoms with van der Waals surface area (Å²) in [6, 6.07) is 0. The molecule has 5 rings (SSSR count). The van der Waals surface area contributed by atoms with Crippen molar-refractivity contribution in [2.24, 2.45) is 34.5 Å². The van der Waals surface area contributed by atoms with Crippen molar-refractivity contribution in [2.75, 3.05) is 6.61 Å². The molecule has 9 atom stereocenters. The van der Waals surface area contributed by atoms with Gasteiger partial charge in [0.2, 0.25) is 0 Å². The van der Waals surface area contributed by atoms with Crippen molar-refractivity contribution in [3.8, 4) is 0 Å². The van der Waals surface area contributed by atoms with E-state index in [2.05, 4.69) is 6.92 Å². The summed E-state index contributed by atoms with van der Waals surface area (Å²) in [6.07, 6.45) is 5.77. The Labute approximate surface area is 205 Å². The van der Waals surface area contributed by atoms with Crippen LogP contribution in [0.15, 0.2) is 34.9 Å². The van der Waals surface area contributed by atoms with Gasteiger partial charge in [0.15, 0.2) is 11.6 Å². The lowest BCUT2D eigenvalue weighted by Crippen LogP contribution is -2.61. The lowest BCUT2D eigenvalue weighted by atomic mass is 9.46. The van der Waals surface area contributed by atoms with Gasteiger partial charge in [-0.2, -0.15) is 0 Å². The van der Waals surface area contributed by atoms with Gasteiger partial charge in [-0.25, -0.2) is 4.79 Å². The van der Waals surface area contributed by atoms with E-state index in [0.717, 1.165) is 5.57 Å². The van der Waals surface area contributed by atoms with Crippen molar-refractivity contribution in [2.45, 2.75) is 77.6 Å². The van der Waals surface area contributed by atoms with Gasteiger partial charge in [0.05, 0.1) is 29.3 Å². The highest BCUT2D eigenvalue weighted by molar-refractivity contribution is 6.04. The lowest BCUT2D eigenvalue weighted by molar-refractivity contribution is -0.182. The summed E-state index contributed by atoms with van der Waals surface area (Å²) >= 11 is 0. The van der Waals surface area contributed by atoms with E-state index in [-0.39, 0.29) is 41.5 Å². The van der Waals surface area contributed by atoms with Gasteiger partial charge in [-0.05, 0) is 75.2 Å². The molecule has 0 saturated heterocycles. The Kier molecular flexibility index (Phi) is 5.59. The van der Waals surface area contributed by atoms with E-state index in [1.807, 2.05) is 20.8 Å². The van der Waals surface area contributed by atoms with Crippen LogP contribution in [0.1, 0.15) is 59.8 Å². The monoisotopic (exact) mass is 484 g/mol. The normalized spacial score (nSPS) is 46.0. The summed E-state index contributed by atoms with van der Waals surface area (Å²) in [5.41, 5.74) is -1.08. The Bertz CT molecular complexity index is 1080. The largest absolute Gasteiger partial charge is 0.458 e. The second-order valence-corrected chi connectivity index (χ2v) is 11.9. The number of hydrogen-bond donors (Lipinski definition) is 3. The molecule has 0 aromatic carbocycles. The van der Waals surface area contributed by atoms with Crippen LogP contribution in [0, 0.1) is 34.5 Å². The van der Waals surface area contributed by atoms with Gasteiger partial charge in [0.1, 0.15) is 6.10 Å². The first-order valence-electron chi connectivity index (χ1n) is 12.8. The Morgan fingerprint density at radius 3 is 2.49 bits per heavy atom. The van der Waals surface area contributed by atoms with Gasteiger partial charge in [-0.15, -0.1) is 0 Å². The second-order valence-electron chi connectivity index (χ2n) is 11.9. The fourth-order valence-electron chi connectivity index (χ4n) is 8.41. The molecule has 7 heteroatoms. The molecule has 1 heterocycles. The minimum absolute atomic E-state index is 0.0621. The molecular formula is C28H36O7. The number of rotatable bonds is 3.